The van der Waals surface area contributed by atoms with Crippen LogP contribution in [0.2, 0.25) is 5.02 Å². The van der Waals surface area contributed by atoms with Crippen molar-refractivity contribution >= 4 is 39.1 Å². The summed E-state index contributed by atoms with van der Waals surface area (Å²) >= 11 is 7.60. The maximum absolute atomic E-state index is 12.8. The van der Waals surface area contributed by atoms with E-state index in [0.29, 0.717) is 10.4 Å². The number of nitrogens with one attached hydrogen (secondary N) is 1. The van der Waals surface area contributed by atoms with E-state index in [9.17, 15) is 9.59 Å². The number of carbonyl (C=O) groups excluding carboxylic acids is 1. The van der Waals surface area contributed by atoms with Crippen molar-refractivity contribution in [1.29, 1.82) is 0 Å². The molecule has 134 valence electrons. The zero-order chi connectivity index (χ0) is 18.3. The van der Waals surface area contributed by atoms with Gasteiger partial charge in [-0.1, -0.05) is 23.7 Å². The Morgan fingerprint density at radius 2 is 2.27 bits per heavy atom. The van der Waals surface area contributed by atoms with E-state index in [1.165, 1.54) is 15.8 Å². The highest BCUT2D eigenvalue weighted by molar-refractivity contribution is 7.18. The maximum atomic E-state index is 12.8. The number of carbonyl (C=O) groups is 1. The molecule has 4 rings (SSSR count). The summed E-state index contributed by atoms with van der Waals surface area (Å²) in [6, 6.07) is 7.17. The Kier molecular flexibility index (Phi) is 4.54. The number of fused-ring (bicyclic) bond motifs is 3. The van der Waals surface area contributed by atoms with Crippen LogP contribution in [0.15, 0.2) is 35.4 Å². The number of aromatic nitrogens is 2. The highest BCUT2D eigenvalue weighted by atomic mass is 35.5. The van der Waals surface area contributed by atoms with Gasteiger partial charge in [-0.3, -0.25) is 14.2 Å². The van der Waals surface area contributed by atoms with Gasteiger partial charge in [0.1, 0.15) is 11.4 Å². The molecule has 1 aromatic carbocycles. The third-order valence-corrected chi connectivity index (χ3v) is 6.17. The Morgan fingerprint density at radius 3 is 3.08 bits per heavy atom. The Labute approximate surface area is 159 Å². The summed E-state index contributed by atoms with van der Waals surface area (Å²) in [5, 5.41) is 4.23. The molecule has 5 nitrogen and oxygen atoms in total. The quantitative estimate of drug-likeness (QED) is 0.745. The first-order valence-corrected chi connectivity index (χ1v) is 9.77. The summed E-state index contributed by atoms with van der Waals surface area (Å²) in [6.45, 7) is 1.84. The molecule has 2 aromatic heterocycles. The first-order valence-electron chi connectivity index (χ1n) is 8.57. The van der Waals surface area contributed by atoms with Crippen molar-refractivity contribution in [3.8, 4) is 0 Å². The number of halogens is 1. The van der Waals surface area contributed by atoms with Gasteiger partial charge in [0.2, 0.25) is 5.91 Å². The molecule has 0 saturated heterocycles. The minimum absolute atomic E-state index is 0.0443. The highest BCUT2D eigenvalue weighted by Crippen LogP contribution is 2.34. The summed E-state index contributed by atoms with van der Waals surface area (Å²) in [5.41, 5.74) is 1.92. The highest BCUT2D eigenvalue weighted by Gasteiger charge is 2.22. The predicted molar refractivity (Wildman–Crippen MR) is 104 cm³/mol. The summed E-state index contributed by atoms with van der Waals surface area (Å²) in [5.74, 6) is -0.229. The fourth-order valence-electron chi connectivity index (χ4n) is 3.43. The third kappa shape index (κ3) is 3.15. The summed E-state index contributed by atoms with van der Waals surface area (Å²) in [6.07, 6.45) is 4.50. The van der Waals surface area contributed by atoms with Gasteiger partial charge in [0.05, 0.1) is 17.8 Å². The van der Waals surface area contributed by atoms with E-state index in [0.717, 1.165) is 35.2 Å². The molecule has 0 bridgehead atoms. The van der Waals surface area contributed by atoms with Gasteiger partial charge >= 0.3 is 0 Å². The monoisotopic (exact) mass is 387 g/mol. The number of aryl methyl sites for hydroxylation is 2. The van der Waals surface area contributed by atoms with Crippen LogP contribution < -0.4 is 10.9 Å². The van der Waals surface area contributed by atoms with Crippen molar-refractivity contribution in [2.75, 3.05) is 0 Å². The van der Waals surface area contributed by atoms with E-state index >= 15 is 0 Å². The standard InChI is InChI=1S/C19H18ClN3O2S/c1-11(12-4-2-5-13(20)8-12)22-16(24)9-23-10-21-18-17(19(23)25)14-6-3-7-15(14)26-18/h2,4-5,8,10-11H,3,6-7,9H2,1H3,(H,22,24)/t11-/m1/s1. The summed E-state index contributed by atoms with van der Waals surface area (Å²) in [4.78, 5) is 31.7. The Bertz CT molecular complexity index is 1060. The van der Waals surface area contributed by atoms with Crippen molar-refractivity contribution in [3.05, 3.63) is 62.0 Å². The molecule has 2 heterocycles. The topological polar surface area (TPSA) is 64.0 Å². The molecule has 0 aliphatic heterocycles. The summed E-state index contributed by atoms with van der Waals surface area (Å²) in [7, 11) is 0. The summed E-state index contributed by atoms with van der Waals surface area (Å²) < 4.78 is 1.40. The lowest BCUT2D eigenvalue weighted by atomic mass is 10.1. The molecule has 0 unspecified atom stereocenters. The maximum Gasteiger partial charge on any atom is 0.262 e. The second-order valence-corrected chi connectivity index (χ2v) is 8.08. The average molecular weight is 388 g/mol. The van der Waals surface area contributed by atoms with Gasteiger partial charge in [-0.25, -0.2) is 4.98 Å². The van der Waals surface area contributed by atoms with Crippen LogP contribution >= 0.6 is 22.9 Å². The largest absolute Gasteiger partial charge is 0.348 e. The second-order valence-electron chi connectivity index (χ2n) is 6.56. The van der Waals surface area contributed by atoms with E-state index in [2.05, 4.69) is 10.3 Å². The number of amides is 1. The van der Waals surface area contributed by atoms with Gasteiger partial charge in [-0.2, -0.15) is 0 Å². The molecule has 0 saturated carbocycles. The molecule has 0 spiro atoms. The number of benzene rings is 1. The van der Waals surface area contributed by atoms with Gasteiger partial charge in [0.15, 0.2) is 0 Å². The number of hydrogen-bond donors (Lipinski definition) is 1. The van der Waals surface area contributed by atoms with Crippen molar-refractivity contribution in [2.45, 2.75) is 38.8 Å². The molecule has 0 radical (unpaired) electrons. The SMILES string of the molecule is C[C@@H](NC(=O)Cn1cnc2sc3c(c2c1=O)CCC3)c1cccc(Cl)c1. The lowest BCUT2D eigenvalue weighted by molar-refractivity contribution is -0.122. The normalized spacial score (nSPS) is 14.4. The lowest BCUT2D eigenvalue weighted by Crippen LogP contribution is -2.34. The zero-order valence-electron chi connectivity index (χ0n) is 14.3. The van der Waals surface area contributed by atoms with Gasteiger partial charge in [0.25, 0.3) is 5.56 Å². The van der Waals surface area contributed by atoms with Crippen LogP contribution in [0.5, 0.6) is 0 Å². The van der Waals surface area contributed by atoms with Crippen LogP contribution in [-0.4, -0.2) is 15.5 Å². The predicted octanol–water partition coefficient (Wildman–Crippen LogP) is 3.48. The van der Waals surface area contributed by atoms with Crippen molar-refractivity contribution < 1.29 is 4.79 Å². The molecule has 7 heteroatoms. The molecule has 0 fully saturated rings. The number of nitrogens with zero attached hydrogens (tertiary/aromatic N) is 2. The van der Waals surface area contributed by atoms with E-state index < -0.39 is 0 Å². The molecular weight excluding hydrogens is 370 g/mol. The number of hydrogen-bond acceptors (Lipinski definition) is 4. The van der Waals surface area contributed by atoms with Crippen LogP contribution in [0.25, 0.3) is 10.2 Å². The Morgan fingerprint density at radius 1 is 1.42 bits per heavy atom. The van der Waals surface area contributed by atoms with E-state index in [1.54, 1.807) is 17.4 Å². The average Bonchev–Trinajstić information content (AvgIpc) is 3.18. The first-order chi connectivity index (χ1) is 12.5. The van der Waals surface area contributed by atoms with Gasteiger partial charge < -0.3 is 5.32 Å². The number of thiophene rings is 1. The van der Waals surface area contributed by atoms with Crippen LogP contribution in [0.3, 0.4) is 0 Å². The van der Waals surface area contributed by atoms with Crippen molar-refractivity contribution in [2.24, 2.45) is 0 Å². The van der Waals surface area contributed by atoms with E-state index in [-0.39, 0.29) is 24.1 Å². The van der Waals surface area contributed by atoms with Gasteiger partial charge in [0, 0.05) is 9.90 Å². The molecule has 3 aromatic rings. The fourth-order valence-corrected chi connectivity index (χ4v) is 4.85. The van der Waals surface area contributed by atoms with Crippen molar-refractivity contribution in [3.63, 3.8) is 0 Å². The van der Waals surface area contributed by atoms with Crippen LogP contribution in [0.1, 0.15) is 35.4 Å². The minimum Gasteiger partial charge on any atom is -0.348 e. The van der Waals surface area contributed by atoms with Gasteiger partial charge in [-0.15, -0.1) is 11.3 Å². The molecule has 1 atom stereocenters. The zero-order valence-corrected chi connectivity index (χ0v) is 15.9. The Balaban J connectivity index is 1.54. The molecule has 1 aliphatic carbocycles. The molecule has 1 aliphatic rings. The molecule has 26 heavy (non-hydrogen) atoms. The van der Waals surface area contributed by atoms with Gasteiger partial charge in [-0.05, 0) is 49.4 Å². The van der Waals surface area contributed by atoms with Crippen LogP contribution in [0, 0.1) is 0 Å². The molecular formula is C19H18ClN3O2S. The van der Waals surface area contributed by atoms with E-state index in [1.807, 2.05) is 25.1 Å². The lowest BCUT2D eigenvalue weighted by Gasteiger charge is -2.15. The first kappa shape index (κ1) is 17.2. The molecule has 1 N–H and O–H groups in total. The second kappa shape index (κ2) is 6.85. The van der Waals surface area contributed by atoms with Crippen LogP contribution in [-0.2, 0) is 24.2 Å². The fraction of sp³-hybridized carbons (Fsp3) is 0.316. The number of rotatable bonds is 4. The van der Waals surface area contributed by atoms with Crippen molar-refractivity contribution in [1.82, 2.24) is 14.9 Å². The minimum atomic E-state index is -0.229. The van der Waals surface area contributed by atoms with Crippen LogP contribution in [0.4, 0.5) is 0 Å². The Hall–Kier alpha value is -2.18. The molecule has 1 amide bonds. The smallest absolute Gasteiger partial charge is 0.262 e. The third-order valence-electron chi connectivity index (χ3n) is 4.73. The van der Waals surface area contributed by atoms with E-state index in [4.69, 9.17) is 11.6 Å².